The second kappa shape index (κ2) is 7.92. The second-order valence-electron chi connectivity index (χ2n) is 7.30. The Morgan fingerprint density at radius 3 is 2.26 bits per heavy atom. The van der Waals surface area contributed by atoms with Gasteiger partial charge < -0.3 is 10.2 Å². The molecule has 5 aromatic rings. The summed E-state index contributed by atoms with van der Waals surface area (Å²) in [6.45, 7) is 0. The van der Waals surface area contributed by atoms with Crippen LogP contribution in [0, 0.1) is 0 Å². The Balaban J connectivity index is 1.51. The Bertz CT molecular complexity index is 1450. The van der Waals surface area contributed by atoms with Gasteiger partial charge >= 0.3 is 0 Å². The van der Waals surface area contributed by atoms with Crippen molar-refractivity contribution < 1.29 is 4.42 Å². The fourth-order valence-corrected chi connectivity index (χ4v) is 3.78. The van der Waals surface area contributed by atoms with Gasteiger partial charge in [0, 0.05) is 28.9 Å². The summed E-state index contributed by atoms with van der Waals surface area (Å²) in [5.41, 5.74) is 12.0. The zero-order valence-electron chi connectivity index (χ0n) is 17.1. The lowest BCUT2D eigenvalue weighted by atomic mass is 10.0. The van der Waals surface area contributed by atoms with Gasteiger partial charge in [0.2, 0.25) is 0 Å². The number of aliphatic imine (C=N–C) groups is 2. The number of furan rings is 1. The zero-order valence-corrected chi connectivity index (χ0v) is 17.1. The standard InChI is InChI=1S/C27H21N3O/c1-29-27(21-11-7-10-19(16-21)18-8-3-2-4-9-18)30-26(28)20-14-15-23-22-12-5-6-13-24(22)31-25(23)17-20/h2-17H,1H3,(H2,28,29,30). The van der Waals surface area contributed by atoms with Gasteiger partial charge in [-0.2, -0.15) is 0 Å². The predicted octanol–water partition coefficient (Wildman–Crippen LogP) is 6.03. The van der Waals surface area contributed by atoms with Crippen molar-refractivity contribution in [2.45, 2.75) is 0 Å². The molecule has 0 amide bonds. The van der Waals surface area contributed by atoms with Crippen molar-refractivity contribution in [1.29, 1.82) is 0 Å². The maximum absolute atomic E-state index is 6.37. The first-order chi connectivity index (χ1) is 15.2. The molecule has 0 aliphatic rings. The molecule has 0 fully saturated rings. The van der Waals surface area contributed by atoms with Gasteiger partial charge in [-0.15, -0.1) is 0 Å². The number of para-hydroxylation sites is 1. The number of rotatable bonds is 3. The van der Waals surface area contributed by atoms with E-state index in [9.17, 15) is 0 Å². The molecule has 1 aromatic heterocycles. The van der Waals surface area contributed by atoms with Crippen LogP contribution in [0.5, 0.6) is 0 Å². The largest absolute Gasteiger partial charge is 0.456 e. The first-order valence-corrected chi connectivity index (χ1v) is 10.1. The quantitative estimate of drug-likeness (QED) is 0.295. The number of hydrogen-bond donors (Lipinski definition) is 1. The summed E-state index contributed by atoms with van der Waals surface area (Å²) in [4.78, 5) is 9.02. The lowest BCUT2D eigenvalue weighted by Gasteiger charge is -2.07. The molecule has 0 aliphatic heterocycles. The summed E-state index contributed by atoms with van der Waals surface area (Å²) >= 11 is 0. The molecule has 0 saturated carbocycles. The van der Waals surface area contributed by atoms with Crippen LogP contribution in [0.15, 0.2) is 111 Å². The third kappa shape index (κ3) is 3.60. The van der Waals surface area contributed by atoms with Crippen molar-refractivity contribution in [2.75, 3.05) is 7.05 Å². The Kier molecular flexibility index (Phi) is 4.81. The van der Waals surface area contributed by atoms with E-state index < -0.39 is 0 Å². The number of benzene rings is 4. The fraction of sp³-hybridized carbons (Fsp3) is 0.0370. The summed E-state index contributed by atoms with van der Waals surface area (Å²) in [6.07, 6.45) is 0. The number of nitrogens with zero attached hydrogens (tertiary/aromatic N) is 2. The van der Waals surface area contributed by atoms with Crippen molar-refractivity contribution in [3.8, 4) is 11.1 Å². The minimum atomic E-state index is 0.396. The number of hydrogen-bond acceptors (Lipinski definition) is 2. The molecule has 5 rings (SSSR count). The van der Waals surface area contributed by atoms with Gasteiger partial charge in [-0.1, -0.05) is 72.8 Å². The van der Waals surface area contributed by atoms with Crippen LogP contribution in [0.25, 0.3) is 33.1 Å². The molecule has 1 heterocycles. The van der Waals surface area contributed by atoms with Gasteiger partial charge in [0.1, 0.15) is 17.0 Å². The Hall–Kier alpha value is -4.18. The molecule has 0 atom stereocenters. The van der Waals surface area contributed by atoms with Crippen LogP contribution in [0.1, 0.15) is 11.1 Å². The summed E-state index contributed by atoms with van der Waals surface area (Å²) in [6, 6.07) is 32.3. The third-order valence-electron chi connectivity index (χ3n) is 5.34. The summed E-state index contributed by atoms with van der Waals surface area (Å²) in [5, 5.41) is 2.15. The van der Waals surface area contributed by atoms with Crippen molar-refractivity contribution in [1.82, 2.24) is 0 Å². The molecule has 4 heteroatoms. The van der Waals surface area contributed by atoms with Gasteiger partial charge in [0.25, 0.3) is 0 Å². The van der Waals surface area contributed by atoms with Gasteiger partial charge in [0.05, 0.1) is 0 Å². The first kappa shape index (κ1) is 18.8. The molecular formula is C27H21N3O. The third-order valence-corrected chi connectivity index (χ3v) is 5.34. The maximum atomic E-state index is 6.37. The molecule has 0 aliphatic carbocycles. The van der Waals surface area contributed by atoms with Crippen molar-refractivity contribution >= 4 is 33.6 Å². The van der Waals surface area contributed by atoms with Crippen molar-refractivity contribution in [3.05, 3.63) is 108 Å². The van der Waals surface area contributed by atoms with Crippen LogP contribution in [-0.2, 0) is 0 Å². The predicted molar refractivity (Wildman–Crippen MR) is 129 cm³/mol. The highest BCUT2D eigenvalue weighted by Gasteiger charge is 2.10. The Morgan fingerprint density at radius 1 is 0.677 bits per heavy atom. The Morgan fingerprint density at radius 2 is 1.42 bits per heavy atom. The van der Waals surface area contributed by atoms with Gasteiger partial charge in [-0.25, -0.2) is 4.99 Å². The van der Waals surface area contributed by atoms with E-state index in [-0.39, 0.29) is 0 Å². The molecule has 2 N–H and O–H groups in total. The molecule has 0 saturated heterocycles. The van der Waals surface area contributed by atoms with E-state index in [4.69, 9.17) is 10.2 Å². The summed E-state index contributed by atoms with van der Waals surface area (Å²) in [5.74, 6) is 0.980. The SMILES string of the molecule is CN=C(N=C(N)c1ccc2c(c1)oc1ccccc12)c1cccc(-c2ccccc2)c1. The van der Waals surface area contributed by atoms with E-state index >= 15 is 0 Å². The minimum absolute atomic E-state index is 0.396. The van der Waals surface area contributed by atoms with Crippen LogP contribution >= 0.6 is 0 Å². The summed E-state index contributed by atoms with van der Waals surface area (Å²) < 4.78 is 5.98. The average molecular weight is 403 g/mol. The highest BCUT2D eigenvalue weighted by atomic mass is 16.3. The number of fused-ring (bicyclic) bond motifs is 3. The van der Waals surface area contributed by atoms with Crippen LogP contribution in [0.3, 0.4) is 0 Å². The molecule has 31 heavy (non-hydrogen) atoms. The molecular weight excluding hydrogens is 382 g/mol. The molecule has 4 aromatic carbocycles. The number of nitrogens with two attached hydrogens (primary N) is 1. The van der Waals surface area contributed by atoms with Gasteiger partial charge in [-0.3, -0.25) is 4.99 Å². The minimum Gasteiger partial charge on any atom is -0.456 e. The molecule has 0 bridgehead atoms. The zero-order chi connectivity index (χ0) is 21.2. The molecule has 0 radical (unpaired) electrons. The smallest absolute Gasteiger partial charge is 0.156 e. The van der Waals surface area contributed by atoms with E-state index in [1.165, 1.54) is 0 Å². The van der Waals surface area contributed by atoms with E-state index in [0.29, 0.717) is 11.7 Å². The molecule has 0 unspecified atom stereocenters. The van der Waals surface area contributed by atoms with Gasteiger partial charge in [-0.05, 0) is 35.4 Å². The molecule has 0 spiro atoms. The Labute approximate surface area is 180 Å². The fourth-order valence-electron chi connectivity index (χ4n) is 3.78. The summed E-state index contributed by atoms with van der Waals surface area (Å²) in [7, 11) is 1.73. The number of amidine groups is 2. The van der Waals surface area contributed by atoms with E-state index in [1.54, 1.807) is 7.05 Å². The van der Waals surface area contributed by atoms with Crippen molar-refractivity contribution in [3.63, 3.8) is 0 Å². The van der Waals surface area contributed by atoms with E-state index in [2.05, 4.69) is 40.3 Å². The highest BCUT2D eigenvalue weighted by Crippen LogP contribution is 2.29. The molecule has 4 nitrogen and oxygen atoms in total. The van der Waals surface area contributed by atoms with Crippen molar-refractivity contribution in [2.24, 2.45) is 15.7 Å². The maximum Gasteiger partial charge on any atom is 0.156 e. The van der Waals surface area contributed by atoms with E-state index in [1.807, 2.05) is 66.7 Å². The lowest BCUT2D eigenvalue weighted by Crippen LogP contribution is -2.16. The van der Waals surface area contributed by atoms with Crippen LogP contribution < -0.4 is 5.73 Å². The van der Waals surface area contributed by atoms with E-state index in [0.717, 1.165) is 44.2 Å². The normalized spacial score (nSPS) is 12.5. The van der Waals surface area contributed by atoms with Gasteiger partial charge in [0.15, 0.2) is 5.84 Å². The van der Waals surface area contributed by atoms with Crippen LogP contribution in [0.4, 0.5) is 0 Å². The lowest BCUT2D eigenvalue weighted by molar-refractivity contribution is 0.669. The highest BCUT2D eigenvalue weighted by molar-refractivity contribution is 6.13. The van der Waals surface area contributed by atoms with Crippen LogP contribution in [-0.4, -0.2) is 18.7 Å². The second-order valence-corrected chi connectivity index (χ2v) is 7.30. The van der Waals surface area contributed by atoms with Crippen LogP contribution in [0.2, 0.25) is 0 Å². The first-order valence-electron chi connectivity index (χ1n) is 10.1. The average Bonchev–Trinajstić information content (AvgIpc) is 3.21. The monoisotopic (exact) mass is 403 g/mol. The topological polar surface area (TPSA) is 63.9 Å². The molecule has 150 valence electrons.